The van der Waals surface area contributed by atoms with E-state index in [4.69, 9.17) is 14.2 Å². The summed E-state index contributed by atoms with van der Waals surface area (Å²) in [5.74, 6) is -0.499. The third-order valence-electron chi connectivity index (χ3n) is 5.37. The van der Waals surface area contributed by atoms with E-state index >= 15 is 0 Å². The van der Waals surface area contributed by atoms with Gasteiger partial charge in [0.25, 0.3) is 11.8 Å². The van der Waals surface area contributed by atoms with Crippen LogP contribution in [0.4, 0.5) is 15.8 Å². The second-order valence-corrected chi connectivity index (χ2v) is 7.33. The van der Waals surface area contributed by atoms with E-state index in [1.165, 1.54) is 25.3 Å². The fourth-order valence-corrected chi connectivity index (χ4v) is 3.86. The van der Waals surface area contributed by atoms with Crippen molar-refractivity contribution in [2.75, 3.05) is 30.5 Å². The Morgan fingerprint density at radius 1 is 0.909 bits per heavy atom. The molecule has 1 N–H and O–H groups in total. The van der Waals surface area contributed by atoms with Gasteiger partial charge >= 0.3 is 0 Å². The van der Waals surface area contributed by atoms with Crippen molar-refractivity contribution >= 4 is 28.8 Å². The normalized spacial score (nSPS) is 15.2. The van der Waals surface area contributed by atoms with Crippen LogP contribution in [-0.4, -0.2) is 32.1 Å². The monoisotopic (exact) mass is 446 g/mol. The summed E-state index contributed by atoms with van der Waals surface area (Å²) in [6, 6.07) is 17.6. The van der Waals surface area contributed by atoms with Crippen LogP contribution in [0.25, 0.3) is 5.57 Å². The van der Waals surface area contributed by atoms with Crippen molar-refractivity contribution in [1.29, 1.82) is 0 Å². The number of hydrogen-bond acceptors (Lipinski definition) is 6. The van der Waals surface area contributed by atoms with Gasteiger partial charge in [0.2, 0.25) is 0 Å². The van der Waals surface area contributed by atoms with Crippen LogP contribution >= 0.6 is 0 Å². The maximum absolute atomic E-state index is 14.6. The van der Waals surface area contributed by atoms with Gasteiger partial charge in [-0.15, -0.1) is 0 Å². The minimum Gasteiger partial charge on any atom is -0.496 e. The quantitative estimate of drug-likeness (QED) is 0.597. The Hall–Kier alpha value is -4.33. The van der Waals surface area contributed by atoms with E-state index in [1.807, 2.05) is 0 Å². The van der Waals surface area contributed by atoms with E-state index in [-0.39, 0.29) is 17.0 Å². The van der Waals surface area contributed by atoms with Gasteiger partial charge in [0.05, 0.1) is 18.4 Å². The van der Waals surface area contributed by atoms with Crippen LogP contribution in [-0.2, 0) is 9.59 Å². The van der Waals surface area contributed by atoms with Gasteiger partial charge in [-0.25, -0.2) is 9.29 Å². The Morgan fingerprint density at radius 3 is 2.42 bits per heavy atom. The average Bonchev–Trinajstić information content (AvgIpc) is 3.08. The SMILES string of the molecule is COc1ccccc1C1=C(Nc2ccc3c(c2)OCCO3)C(=O)N(c2ccccc2F)C1=O. The molecule has 0 fully saturated rings. The van der Waals surface area contributed by atoms with Gasteiger partial charge in [0, 0.05) is 17.3 Å². The smallest absolute Gasteiger partial charge is 0.282 e. The number of nitrogens with zero attached hydrogens (tertiary/aromatic N) is 1. The van der Waals surface area contributed by atoms with Crippen LogP contribution in [0.3, 0.4) is 0 Å². The molecule has 0 saturated heterocycles. The molecule has 0 bridgehead atoms. The van der Waals surface area contributed by atoms with Crippen molar-refractivity contribution < 1.29 is 28.2 Å². The number of imide groups is 1. The number of hydrogen-bond donors (Lipinski definition) is 1. The number of fused-ring (bicyclic) bond motifs is 1. The van der Waals surface area contributed by atoms with Crippen LogP contribution in [0.1, 0.15) is 5.56 Å². The highest BCUT2D eigenvalue weighted by Gasteiger charge is 2.42. The first-order chi connectivity index (χ1) is 16.1. The second-order valence-electron chi connectivity index (χ2n) is 7.33. The minimum absolute atomic E-state index is 0.00410. The van der Waals surface area contributed by atoms with Crippen LogP contribution in [0.15, 0.2) is 72.4 Å². The van der Waals surface area contributed by atoms with E-state index in [0.717, 1.165) is 4.90 Å². The molecule has 2 aliphatic heterocycles. The lowest BCUT2D eigenvalue weighted by Crippen LogP contribution is -2.33. The Labute approximate surface area is 189 Å². The Balaban J connectivity index is 1.63. The van der Waals surface area contributed by atoms with E-state index in [2.05, 4.69) is 5.32 Å². The molecule has 2 heterocycles. The molecule has 0 radical (unpaired) electrons. The molecule has 7 nitrogen and oxygen atoms in total. The zero-order valence-electron chi connectivity index (χ0n) is 17.6. The molecule has 5 rings (SSSR count). The van der Waals surface area contributed by atoms with Crippen LogP contribution in [0.5, 0.6) is 17.2 Å². The van der Waals surface area contributed by atoms with E-state index in [0.29, 0.717) is 41.7 Å². The molecule has 0 unspecified atom stereocenters. The van der Waals surface area contributed by atoms with Gasteiger partial charge in [-0.05, 0) is 30.3 Å². The average molecular weight is 446 g/mol. The van der Waals surface area contributed by atoms with Gasteiger partial charge in [-0.3, -0.25) is 9.59 Å². The molecule has 2 aliphatic rings. The Kier molecular flexibility index (Phi) is 5.18. The summed E-state index contributed by atoms with van der Waals surface area (Å²) in [7, 11) is 1.48. The number of rotatable bonds is 5. The molecular formula is C25H19FN2O5. The molecule has 0 spiro atoms. The molecule has 3 aromatic carbocycles. The predicted molar refractivity (Wildman–Crippen MR) is 120 cm³/mol. The van der Waals surface area contributed by atoms with Crippen molar-refractivity contribution in [3.05, 3.63) is 83.8 Å². The zero-order valence-corrected chi connectivity index (χ0v) is 17.6. The lowest BCUT2D eigenvalue weighted by atomic mass is 10.0. The van der Waals surface area contributed by atoms with Gasteiger partial charge in [0.1, 0.15) is 30.5 Å². The molecule has 3 aromatic rings. The summed E-state index contributed by atoms with van der Waals surface area (Å²) >= 11 is 0. The zero-order chi connectivity index (χ0) is 22.9. The highest BCUT2D eigenvalue weighted by molar-refractivity contribution is 6.46. The molecule has 2 amide bonds. The maximum atomic E-state index is 14.6. The van der Waals surface area contributed by atoms with E-state index < -0.39 is 17.6 Å². The fraction of sp³-hybridized carbons (Fsp3) is 0.120. The standard InChI is InChI=1S/C25H19FN2O5/c1-31-19-9-5-2-6-16(19)22-23(27-15-10-11-20-21(14-15)33-13-12-32-20)25(30)28(24(22)29)18-8-4-3-7-17(18)26/h2-11,14,27H,12-13H2,1H3. The number of halogens is 1. The number of carbonyl (C=O) groups excluding carboxylic acids is 2. The van der Waals surface area contributed by atoms with Crippen LogP contribution in [0.2, 0.25) is 0 Å². The lowest BCUT2D eigenvalue weighted by molar-refractivity contribution is -0.120. The second kappa shape index (κ2) is 8.31. The Morgan fingerprint density at radius 2 is 1.64 bits per heavy atom. The maximum Gasteiger partial charge on any atom is 0.282 e. The van der Waals surface area contributed by atoms with E-state index in [9.17, 15) is 14.0 Å². The number of carbonyl (C=O) groups is 2. The molecule has 0 aliphatic carbocycles. The van der Waals surface area contributed by atoms with Crippen LogP contribution < -0.4 is 24.4 Å². The van der Waals surface area contributed by atoms with Crippen molar-refractivity contribution in [1.82, 2.24) is 0 Å². The minimum atomic E-state index is -0.681. The van der Waals surface area contributed by atoms with Crippen LogP contribution in [0, 0.1) is 5.82 Å². The number of anilines is 2. The lowest BCUT2D eigenvalue weighted by Gasteiger charge is -2.19. The van der Waals surface area contributed by atoms with Crippen molar-refractivity contribution in [2.24, 2.45) is 0 Å². The number of methoxy groups -OCH3 is 1. The first kappa shape index (κ1) is 20.6. The summed E-state index contributed by atoms with van der Waals surface area (Å²) in [5, 5.41) is 3.04. The van der Waals surface area contributed by atoms with E-state index in [1.54, 1.807) is 48.5 Å². The topological polar surface area (TPSA) is 77.1 Å². The van der Waals surface area contributed by atoms with Crippen molar-refractivity contribution in [3.63, 3.8) is 0 Å². The molecule has 33 heavy (non-hydrogen) atoms. The molecule has 0 atom stereocenters. The summed E-state index contributed by atoms with van der Waals surface area (Å²) in [6.07, 6.45) is 0. The Bertz CT molecular complexity index is 1300. The first-order valence-electron chi connectivity index (χ1n) is 10.3. The highest BCUT2D eigenvalue weighted by atomic mass is 19.1. The summed E-state index contributed by atoms with van der Waals surface area (Å²) in [4.78, 5) is 27.8. The third-order valence-corrected chi connectivity index (χ3v) is 5.37. The van der Waals surface area contributed by atoms with Gasteiger partial charge in [-0.1, -0.05) is 30.3 Å². The largest absolute Gasteiger partial charge is 0.496 e. The third kappa shape index (κ3) is 3.55. The van der Waals surface area contributed by atoms with Crippen molar-refractivity contribution in [3.8, 4) is 17.2 Å². The van der Waals surface area contributed by atoms with Crippen molar-refractivity contribution in [2.45, 2.75) is 0 Å². The number of ether oxygens (including phenoxy) is 3. The molecular weight excluding hydrogens is 427 g/mol. The summed E-state index contributed by atoms with van der Waals surface area (Å²) in [5.41, 5.74) is 0.884. The number of para-hydroxylation sites is 2. The fourth-order valence-electron chi connectivity index (χ4n) is 3.86. The molecule has 0 aromatic heterocycles. The van der Waals surface area contributed by atoms with Gasteiger partial charge in [-0.2, -0.15) is 0 Å². The predicted octanol–water partition coefficient (Wildman–Crippen LogP) is 4.00. The molecule has 0 saturated carbocycles. The first-order valence-corrected chi connectivity index (χ1v) is 10.3. The molecule has 8 heteroatoms. The van der Waals surface area contributed by atoms with Gasteiger partial charge in [0.15, 0.2) is 11.5 Å². The van der Waals surface area contributed by atoms with Gasteiger partial charge < -0.3 is 19.5 Å². The summed E-state index contributed by atoms with van der Waals surface area (Å²) in [6.45, 7) is 0.859. The number of nitrogens with one attached hydrogen (secondary N) is 1. The highest BCUT2D eigenvalue weighted by Crippen LogP contribution is 2.39. The number of amides is 2. The summed E-state index contributed by atoms with van der Waals surface area (Å²) < 4.78 is 31.2. The molecule has 166 valence electrons. The number of benzene rings is 3.